The number of benzene rings is 1. The molecule has 0 radical (unpaired) electrons. The highest BCUT2D eigenvalue weighted by molar-refractivity contribution is 7.99. The third-order valence-electron chi connectivity index (χ3n) is 3.56. The van der Waals surface area contributed by atoms with E-state index in [1.165, 1.54) is 5.56 Å². The second kappa shape index (κ2) is 5.85. The van der Waals surface area contributed by atoms with E-state index in [0.29, 0.717) is 0 Å². The largest absolute Gasteiger partial charge is 0.466 e. The van der Waals surface area contributed by atoms with Crippen LogP contribution in [0, 0.1) is 13.8 Å². The van der Waals surface area contributed by atoms with Crippen molar-refractivity contribution in [3.05, 3.63) is 53.5 Å². The number of amides is 2. The predicted octanol–water partition coefficient (Wildman–Crippen LogP) is 4.18. The number of anilines is 1. The Morgan fingerprint density at radius 3 is 2.95 bits per heavy atom. The van der Waals surface area contributed by atoms with Gasteiger partial charge in [0.25, 0.3) is 0 Å². The zero-order chi connectivity index (χ0) is 14.8. The average molecular weight is 302 g/mol. The smallest absolute Gasteiger partial charge is 0.323 e. The van der Waals surface area contributed by atoms with E-state index < -0.39 is 0 Å². The topological polar surface area (TPSA) is 45.5 Å². The molecule has 3 rings (SSSR count). The van der Waals surface area contributed by atoms with Crippen molar-refractivity contribution in [3.63, 3.8) is 0 Å². The monoisotopic (exact) mass is 302 g/mol. The number of urea groups is 1. The van der Waals surface area contributed by atoms with Crippen molar-refractivity contribution >= 4 is 23.5 Å². The van der Waals surface area contributed by atoms with Crippen LogP contribution in [0.1, 0.15) is 22.3 Å². The SMILES string of the molecule is Cc1ccc(NC(=O)N2CCS[C@@H]2c2ccco2)c(C)c1. The quantitative estimate of drug-likeness (QED) is 0.905. The Bertz CT molecular complexity index is 640. The maximum absolute atomic E-state index is 12.5. The van der Waals surface area contributed by atoms with Crippen molar-refractivity contribution in [2.45, 2.75) is 19.2 Å². The Morgan fingerprint density at radius 2 is 2.24 bits per heavy atom. The Morgan fingerprint density at radius 1 is 1.38 bits per heavy atom. The molecule has 21 heavy (non-hydrogen) atoms. The molecule has 1 aliphatic rings. The fraction of sp³-hybridized carbons (Fsp3) is 0.312. The predicted molar refractivity (Wildman–Crippen MR) is 85.5 cm³/mol. The first-order chi connectivity index (χ1) is 10.1. The van der Waals surface area contributed by atoms with Crippen LogP contribution in [0.15, 0.2) is 41.0 Å². The van der Waals surface area contributed by atoms with Crippen molar-refractivity contribution < 1.29 is 9.21 Å². The summed E-state index contributed by atoms with van der Waals surface area (Å²) in [4.78, 5) is 14.3. The summed E-state index contributed by atoms with van der Waals surface area (Å²) in [5.74, 6) is 1.75. The lowest BCUT2D eigenvalue weighted by Gasteiger charge is -2.23. The third-order valence-corrected chi connectivity index (χ3v) is 4.78. The molecule has 1 atom stereocenters. The Balaban J connectivity index is 1.75. The van der Waals surface area contributed by atoms with E-state index in [1.54, 1.807) is 18.0 Å². The zero-order valence-electron chi connectivity index (χ0n) is 12.1. The van der Waals surface area contributed by atoms with Crippen LogP contribution in [0.2, 0.25) is 0 Å². The van der Waals surface area contributed by atoms with Gasteiger partial charge in [-0.05, 0) is 37.6 Å². The summed E-state index contributed by atoms with van der Waals surface area (Å²) in [5.41, 5.74) is 3.13. The van der Waals surface area contributed by atoms with E-state index in [0.717, 1.165) is 29.3 Å². The number of hydrogen-bond donors (Lipinski definition) is 1. The Hall–Kier alpha value is -1.88. The van der Waals surface area contributed by atoms with Gasteiger partial charge in [0.1, 0.15) is 11.1 Å². The van der Waals surface area contributed by atoms with Crippen LogP contribution in [0.5, 0.6) is 0 Å². The van der Waals surface area contributed by atoms with E-state index in [9.17, 15) is 4.79 Å². The molecule has 0 aliphatic carbocycles. The second-order valence-corrected chi connectivity index (χ2v) is 6.37. The van der Waals surface area contributed by atoms with Crippen LogP contribution < -0.4 is 5.32 Å². The molecule has 2 aromatic rings. The van der Waals surface area contributed by atoms with Crippen LogP contribution in [0.3, 0.4) is 0 Å². The van der Waals surface area contributed by atoms with Crippen LogP contribution in [0.4, 0.5) is 10.5 Å². The molecule has 0 unspecified atom stereocenters. The van der Waals surface area contributed by atoms with E-state index in [-0.39, 0.29) is 11.4 Å². The summed E-state index contributed by atoms with van der Waals surface area (Å²) >= 11 is 1.73. The number of aryl methyl sites for hydroxylation is 2. The number of hydrogen-bond acceptors (Lipinski definition) is 3. The fourth-order valence-corrected chi connectivity index (χ4v) is 3.69. The first kappa shape index (κ1) is 14.1. The highest BCUT2D eigenvalue weighted by Gasteiger charge is 2.32. The zero-order valence-corrected chi connectivity index (χ0v) is 12.9. The molecule has 2 heterocycles. The van der Waals surface area contributed by atoms with Crippen LogP contribution in [0.25, 0.3) is 0 Å². The molecule has 1 aromatic heterocycles. The minimum Gasteiger partial charge on any atom is -0.466 e. The first-order valence-electron chi connectivity index (χ1n) is 6.95. The number of rotatable bonds is 2. The molecular weight excluding hydrogens is 284 g/mol. The van der Waals surface area contributed by atoms with Gasteiger partial charge in [0.2, 0.25) is 0 Å². The highest BCUT2D eigenvalue weighted by atomic mass is 32.2. The van der Waals surface area contributed by atoms with Crippen molar-refractivity contribution in [1.82, 2.24) is 4.90 Å². The summed E-state index contributed by atoms with van der Waals surface area (Å²) in [7, 11) is 0. The van der Waals surface area contributed by atoms with Crippen molar-refractivity contribution in [2.24, 2.45) is 0 Å². The van der Waals surface area contributed by atoms with E-state index in [4.69, 9.17) is 4.42 Å². The van der Waals surface area contributed by atoms with Gasteiger partial charge in [-0.1, -0.05) is 17.7 Å². The molecular formula is C16H18N2O2S. The summed E-state index contributed by atoms with van der Waals surface area (Å²) in [6.07, 6.45) is 1.65. The molecule has 2 amide bonds. The molecule has 1 fully saturated rings. The van der Waals surface area contributed by atoms with Crippen molar-refractivity contribution in [3.8, 4) is 0 Å². The minimum atomic E-state index is -0.0756. The molecule has 0 bridgehead atoms. The van der Waals surface area contributed by atoms with Gasteiger partial charge in [0, 0.05) is 18.0 Å². The minimum absolute atomic E-state index is 0.0363. The van der Waals surface area contributed by atoms with Crippen LogP contribution in [-0.4, -0.2) is 23.2 Å². The molecule has 0 saturated carbocycles. The average Bonchev–Trinajstić information content (AvgIpc) is 3.10. The van der Waals surface area contributed by atoms with E-state index >= 15 is 0 Å². The van der Waals surface area contributed by atoms with E-state index in [2.05, 4.69) is 11.4 Å². The van der Waals surface area contributed by atoms with Crippen molar-refractivity contribution in [2.75, 3.05) is 17.6 Å². The van der Waals surface area contributed by atoms with Gasteiger partial charge in [-0.25, -0.2) is 4.79 Å². The standard InChI is InChI=1S/C16H18N2O2S/c1-11-5-6-13(12(2)10-11)17-16(19)18-7-9-21-15(18)14-4-3-8-20-14/h3-6,8,10,15H,7,9H2,1-2H3,(H,17,19)/t15-/m1/s1. The van der Waals surface area contributed by atoms with Gasteiger partial charge in [-0.15, -0.1) is 11.8 Å². The summed E-state index contributed by atoms with van der Waals surface area (Å²) in [6, 6.07) is 9.72. The molecule has 4 nitrogen and oxygen atoms in total. The summed E-state index contributed by atoms with van der Waals surface area (Å²) in [6.45, 7) is 4.78. The highest BCUT2D eigenvalue weighted by Crippen LogP contribution is 2.38. The summed E-state index contributed by atoms with van der Waals surface area (Å²) < 4.78 is 5.44. The normalized spacial score (nSPS) is 18.0. The van der Waals surface area contributed by atoms with Crippen molar-refractivity contribution in [1.29, 1.82) is 0 Å². The molecule has 1 aromatic carbocycles. The Labute approximate surface area is 128 Å². The lowest BCUT2D eigenvalue weighted by molar-refractivity contribution is 0.209. The first-order valence-corrected chi connectivity index (χ1v) is 8.00. The lowest BCUT2D eigenvalue weighted by Crippen LogP contribution is -2.34. The number of thioether (sulfide) groups is 1. The van der Waals surface area contributed by atoms with E-state index in [1.807, 2.05) is 43.0 Å². The number of nitrogens with one attached hydrogen (secondary N) is 1. The molecule has 1 N–H and O–H groups in total. The molecule has 0 spiro atoms. The third kappa shape index (κ3) is 2.93. The lowest BCUT2D eigenvalue weighted by atomic mass is 10.1. The molecule has 5 heteroatoms. The molecule has 110 valence electrons. The maximum atomic E-state index is 12.5. The van der Waals surface area contributed by atoms with Gasteiger partial charge in [0.15, 0.2) is 0 Å². The van der Waals surface area contributed by atoms with Gasteiger partial charge in [0.05, 0.1) is 6.26 Å². The second-order valence-electron chi connectivity index (χ2n) is 5.18. The van der Waals surface area contributed by atoms with Gasteiger partial charge >= 0.3 is 6.03 Å². The molecule has 1 aliphatic heterocycles. The number of carbonyl (C=O) groups is 1. The maximum Gasteiger partial charge on any atom is 0.323 e. The van der Waals surface area contributed by atoms with Gasteiger partial charge in [-0.3, -0.25) is 0 Å². The Kier molecular flexibility index (Phi) is 3.92. The number of furan rings is 1. The van der Waals surface area contributed by atoms with Crippen LogP contribution >= 0.6 is 11.8 Å². The summed E-state index contributed by atoms with van der Waals surface area (Å²) in [5, 5.41) is 2.97. The van der Waals surface area contributed by atoms with Gasteiger partial charge in [-0.2, -0.15) is 0 Å². The van der Waals surface area contributed by atoms with Crippen LogP contribution in [-0.2, 0) is 0 Å². The molecule has 1 saturated heterocycles. The number of carbonyl (C=O) groups excluding carboxylic acids is 1. The number of nitrogens with zero attached hydrogens (tertiary/aromatic N) is 1. The fourth-order valence-electron chi connectivity index (χ4n) is 2.49. The van der Waals surface area contributed by atoms with Gasteiger partial charge < -0.3 is 14.6 Å².